The van der Waals surface area contributed by atoms with Gasteiger partial charge in [0.15, 0.2) is 11.8 Å². The lowest BCUT2D eigenvalue weighted by Crippen LogP contribution is -2.08. The molecule has 0 saturated heterocycles. The smallest absolute Gasteiger partial charge is 0.183 e. The van der Waals surface area contributed by atoms with Gasteiger partial charge in [-0.25, -0.2) is 0 Å². The number of aliphatic imine (C=N–C) groups is 2. The molecule has 4 nitrogen and oxygen atoms in total. The van der Waals surface area contributed by atoms with Gasteiger partial charge in [0.1, 0.15) is 12.2 Å². The third kappa shape index (κ3) is 4.31. The molecule has 2 rings (SSSR count). The summed E-state index contributed by atoms with van der Waals surface area (Å²) >= 11 is 0. The SMILES string of the molecule is CC1CN=C(CCCCCCC2=NCC(C)O2)O1. The van der Waals surface area contributed by atoms with Crippen molar-refractivity contribution in [2.45, 2.75) is 64.6 Å². The van der Waals surface area contributed by atoms with E-state index in [0.29, 0.717) is 12.2 Å². The zero-order chi connectivity index (χ0) is 12.8. The molecule has 18 heavy (non-hydrogen) atoms. The van der Waals surface area contributed by atoms with Crippen molar-refractivity contribution in [1.82, 2.24) is 0 Å². The van der Waals surface area contributed by atoms with Crippen molar-refractivity contribution in [1.29, 1.82) is 0 Å². The Hall–Kier alpha value is -1.06. The van der Waals surface area contributed by atoms with Crippen molar-refractivity contribution in [2.75, 3.05) is 13.1 Å². The third-order valence-corrected chi connectivity index (χ3v) is 3.26. The molecule has 0 saturated carbocycles. The Morgan fingerprint density at radius 2 is 1.28 bits per heavy atom. The Kier molecular flexibility index (Phi) is 5.02. The Morgan fingerprint density at radius 1 is 0.833 bits per heavy atom. The molecule has 2 heterocycles. The number of nitrogens with zero attached hydrogens (tertiary/aromatic N) is 2. The summed E-state index contributed by atoms with van der Waals surface area (Å²) < 4.78 is 11.1. The van der Waals surface area contributed by atoms with E-state index in [-0.39, 0.29) is 0 Å². The Labute approximate surface area is 109 Å². The van der Waals surface area contributed by atoms with E-state index in [1.165, 1.54) is 25.7 Å². The number of hydrogen-bond donors (Lipinski definition) is 0. The van der Waals surface area contributed by atoms with Crippen molar-refractivity contribution in [3.63, 3.8) is 0 Å². The molecule has 0 amide bonds. The van der Waals surface area contributed by atoms with Gasteiger partial charge in [0.2, 0.25) is 0 Å². The van der Waals surface area contributed by atoms with Gasteiger partial charge in [-0.1, -0.05) is 12.8 Å². The van der Waals surface area contributed by atoms with E-state index in [4.69, 9.17) is 9.47 Å². The van der Waals surface area contributed by atoms with Gasteiger partial charge in [-0.15, -0.1) is 0 Å². The summed E-state index contributed by atoms with van der Waals surface area (Å²) in [6.45, 7) is 5.81. The summed E-state index contributed by atoms with van der Waals surface area (Å²) in [6, 6.07) is 0. The first-order valence-corrected chi connectivity index (χ1v) is 7.14. The van der Waals surface area contributed by atoms with E-state index in [1.54, 1.807) is 0 Å². The highest BCUT2D eigenvalue weighted by atomic mass is 16.5. The second-order valence-corrected chi connectivity index (χ2v) is 5.24. The fourth-order valence-corrected chi connectivity index (χ4v) is 2.26. The molecule has 102 valence electrons. The molecule has 2 unspecified atom stereocenters. The van der Waals surface area contributed by atoms with E-state index in [1.807, 2.05) is 0 Å². The van der Waals surface area contributed by atoms with E-state index in [2.05, 4.69) is 23.8 Å². The van der Waals surface area contributed by atoms with Crippen LogP contribution in [0.25, 0.3) is 0 Å². The first-order valence-electron chi connectivity index (χ1n) is 7.14. The maximum atomic E-state index is 5.57. The number of hydrogen-bond acceptors (Lipinski definition) is 4. The molecule has 0 N–H and O–H groups in total. The fraction of sp³-hybridized carbons (Fsp3) is 0.857. The van der Waals surface area contributed by atoms with Gasteiger partial charge in [0.05, 0.1) is 13.1 Å². The van der Waals surface area contributed by atoms with E-state index >= 15 is 0 Å². The van der Waals surface area contributed by atoms with Crippen LogP contribution in [0, 0.1) is 0 Å². The zero-order valence-electron chi connectivity index (χ0n) is 11.5. The highest BCUT2D eigenvalue weighted by molar-refractivity contribution is 5.78. The lowest BCUT2D eigenvalue weighted by molar-refractivity contribution is 0.237. The number of unbranched alkanes of at least 4 members (excludes halogenated alkanes) is 3. The fourth-order valence-electron chi connectivity index (χ4n) is 2.26. The molecule has 0 radical (unpaired) electrons. The van der Waals surface area contributed by atoms with Gasteiger partial charge < -0.3 is 9.47 Å². The van der Waals surface area contributed by atoms with Gasteiger partial charge >= 0.3 is 0 Å². The molecular formula is C14H24N2O2. The van der Waals surface area contributed by atoms with Crippen molar-refractivity contribution in [2.24, 2.45) is 9.98 Å². The van der Waals surface area contributed by atoms with Crippen molar-refractivity contribution < 1.29 is 9.47 Å². The summed E-state index contributed by atoms with van der Waals surface area (Å²) in [7, 11) is 0. The minimum Gasteiger partial charge on any atom is -0.476 e. The van der Waals surface area contributed by atoms with Crippen LogP contribution in [0.3, 0.4) is 0 Å². The highest BCUT2D eigenvalue weighted by Crippen LogP contribution is 2.13. The number of ether oxygens (including phenoxy) is 2. The molecule has 0 aliphatic carbocycles. The molecule has 4 heteroatoms. The van der Waals surface area contributed by atoms with Crippen LogP contribution in [-0.2, 0) is 9.47 Å². The molecule has 0 aromatic carbocycles. The minimum atomic E-state index is 0.291. The van der Waals surface area contributed by atoms with Crippen LogP contribution >= 0.6 is 0 Å². The average Bonchev–Trinajstić information content (AvgIpc) is 2.93. The van der Waals surface area contributed by atoms with Crippen LogP contribution in [0.1, 0.15) is 52.4 Å². The average molecular weight is 252 g/mol. The maximum Gasteiger partial charge on any atom is 0.183 e. The van der Waals surface area contributed by atoms with Gasteiger partial charge in [-0.3, -0.25) is 9.98 Å². The van der Waals surface area contributed by atoms with Gasteiger partial charge in [0, 0.05) is 12.8 Å². The molecule has 0 bridgehead atoms. The molecule has 2 atom stereocenters. The highest BCUT2D eigenvalue weighted by Gasteiger charge is 2.15. The summed E-state index contributed by atoms with van der Waals surface area (Å²) in [4.78, 5) is 8.72. The Morgan fingerprint density at radius 3 is 1.61 bits per heavy atom. The molecule has 0 spiro atoms. The van der Waals surface area contributed by atoms with Crippen LogP contribution in [0.15, 0.2) is 9.98 Å². The normalized spacial score (nSPS) is 26.6. The summed E-state index contributed by atoms with van der Waals surface area (Å²) in [6.07, 6.45) is 7.40. The predicted octanol–water partition coefficient (Wildman–Crippen LogP) is 2.96. The second kappa shape index (κ2) is 6.76. The van der Waals surface area contributed by atoms with Crippen LogP contribution in [0.2, 0.25) is 0 Å². The van der Waals surface area contributed by atoms with Gasteiger partial charge in [-0.05, 0) is 26.7 Å². The van der Waals surface area contributed by atoms with Crippen molar-refractivity contribution >= 4 is 11.8 Å². The first-order chi connectivity index (χ1) is 8.74. The third-order valence-electron chi connectivity index (χ3n) is 3.26. The summed E-state index contributed by atoms with van der Waals surface area (Å²) in [5.41, 5.74) is 0. The monoisotopic (exact) mass is 252 g/mol. The molecule has 0 aromatic rings. The molecular weight excluding hydrogens is 228 g/mol. The van der Waals surface area contributed by atoms with Crippen molar-refractivity contribution in [3.05, 3.63) is 0 Å². The minimum absolute atomic E-state index is 0.291. The Balaban J connectivity index is 1.45. The molecule has 2 aliphatic heterocycles. The van der Waals surface area contributed by atoms with Gasteiger partial charge in [0.25, 0.3) is 0 Å². The quantitative estimate of drug-likeness (QED) is 0.654. The predicted molar refractivity (Wildman–Crippen MR) is 73.4 cm³/mol. The van der Waals surface area contributed by atoms with Crippen LogP contribution in [0.4, 0.5) is 0 Å². The van der Waals surface area contributed by atoms with Crippen molar-refractivity contribution in [3.8, 4) is 0 Å². The van der Waals surface area contributed by atoms with Crippen LogP contribution in [0.5, 0.6) is 0 Å². The largest absolute Gasteiger partial charge is 0.476 e. The lowest BCUT2D eigenvalue weighted by Gasteiger charge is -2.06. The van der Waals surface area contributed by atoms with Crippen LogP contribution in [-0.4, -0.2) is 37.1 Å². The zero-order valence-corrected chi connectivity index (χ0v) is 11.5. The summed E-state index contributed by atoms with van der Waals surface area (Å²) in [5, 5.41) is 0. The van der Waals surface area contributed by atoms with E-state index < -0.39 is 0 Å². The topological polar surface area (TPSA) is 43.2 Å². The molecule has 0 fully saturated rings. The molecule has 2 aliphatic rings. The summed E-state index contributed by atoms with van der Waals surface area (Å²) in [5.74, 6) is 1.92. The van der Waals surface area contributed by atoms with Gasteiger partial charge in [-0.2, -0.15) is 0 Å². The molecule has 0 aromatic heterocycles. The first kappa shape index (κ1) is 13.4. The second-order valence-electron chi connectivity index (χ2n) is 5.24. The lowest BCUT2D eigenvalue weighted by atomic mass is 10.1. The Bertz CT molecular complexity index is 294. The standard InChI is InChI=1S/C14H24N2O2/c1-11-9-15-13(17-11)7-5-3-4-6-8-14-16-10-12(2)18-14/h11-12H,3-10H2,1-2H3. The van der Waals surface area contributed by atoms with E-state index in [9.17, 15) is 0 Å². The van der Waals surface area contributed by atoms with E-state index in [0.717, 1.165) is 37.7 Å². The number of rotatable bonds is 7. The van der Waals surface area contributed by atoms with Crippen LogP contribution < -0.4 is 0 Å². The maximum absolute atomic E-state index is 5.57.